The van der Waals surface area contributed by atoms with Crippen LogP contribution in [0.2, 0.25) is 0 Å². The average molecular weight is 137 g/mol. The van der Waals surface area contributed by atoms with E-state index in [0.717, 1.165) is 5.56 Å². The van der Waals surface area contributed by atoms with Gasteiger partial charge in [0.2, 0.25) is 12.2 Å². The molecule has 1 rings (SSSR count). The summed E-state index contributed by atoms with van der Waals surface area (Å²) in [5.41, 5.74) is 0.945. The Hall–Kier alpha value is -1.12. The van der Waals surface area contributed by atoms with E-state index < -0.39 is 0 Å². The van der Waals surface area contributed by atoms with E-state index in [1.807, 2.05) is 13.8 Å². The van der Waals surface area contributed by atoms with Crippen LogP contribution in [0.25, 0.3) is 0 Å². The maximum Gasteiger partial charge on any atom is 0.219 e. The van der Waals surface area contributed by atoms with Crippen LogP contribution in [0.3, 0.4) is 0 Å². The Bertz CT molecular complexity index is 213. The molecule has 1 aromatic heterocycles. The van der Waals surface area contributed by atoms with Crippen molar-refractivity contribution in [3.05, 3.63) is 18.1 Å². The zero-order valence-electron chi connectivity index (χ0n) is 6.09. The lowest BCUT2D eigenvalue weighted by atomic mass is 10.4. The van der Waals surface area contributed by atoms with Crippen molar-refractivity contribution >= 4 is 0 Å². The van der Waals surface area contributed by atoms with Crippen molar-refractivity contribution < 1.29 is 4.74 Å². The summed E-state index contributed by atoms with van der Waals surface area (Å²) >= 11 is 0. The summed E-state index contributed by atoms with van der Waals surface area (Å²) in [5.74, 6) is 0.623. The molecule has 0 unspecified atom stereocenters. The van der Waals surface area contributed by atoms with E-state index in [1.165, 1.54) is 0 Å². The predicted molar refractivity (Wildman–Crippen MR) is 36.8 cm³/mol. The first-order chi connectivity index (χ1) is 4.84. The lowest BCUT2D eigenvalue weighted by Gasteiger charge is -2.01. The first kappa shape index (κ1) is 6.99. The fourth-order valence-electron chi connectivity index (χ4n) is 0.626. The fourth-order valence-corrected chi connectivity index (χ4v) is 0.626. The molecule has 3 heteroatoms. The van der Waals surface area contributed by atoms with Gasteiger partial charge in [0.25, 0.3) is 0 Å². The topological polar surface area (TPSA) is 35.0 Å². The highest BCUT2D eigenvalue weighted by Crippen LogP contribution is 2.09. The third kappa shape index (κ3) is 1.43. The standard InChI is InChI=1S/C7H9N2O/c1-3-10-7-6(2)4-8-5-9-7/h4H,3H2,1-2H3. The van der Waals surface area contributed by atoms with E-state index in [-0.39, 0.29) is 0 Å². The van der Waals surface area contributed by atoms with Gasteiger partial charge in [0, 0.05) is 11.8 Å². The number of nitrogens with zero attached hydrogens (tertiary/aromatic N) is 2. The van der Waals surface area contributed by atoms with Gasteiger partial charge in [-0.2, -0.15) is 4.98 Å². The molecule has 0 aromatic carbocycles. The van der Waals surface area contributed by atoms with Crippen LogP contribution in [0.15, 0.2) is 6.20 Å². The number of hydrogen-bond acceptors (Lipinski definition) is 3. The van der Waals surface area contributed by atoms with Gasteiger partial charge in [-0.1, -0.05) is 0 Å². The van der Waals surface area contributed by atoms with Crippen LogP contribution in [0.1, 0.15) is 12.5 Å². The SMILES string of the molecule is CCOc1n[c]ncc1C. The van der Waals surface area contributed by atoms with Crippen molar-refractivity contribution in [2.75, 3.05) is 6.61 Å². The Kier molecular flexibility index (Phi) is 2.20. The summed E-state index contributed by atoms with van der Waals surface area (Å²) in [6.45, 7) is 4.45. The molecule has 0 aliphatic heterocycles. The summed E-state index contributed by atoms with van der Waals surface area (Å²) in [6.07, 6.45) is 4.14. The molecule has 0 atom stereocenters. The molecule has 0 spiro atoms. The monoisotopic (exact) mass is 137 g/mol. The van der Waals surface area contributed by atoms with Crippen molar-refractivity contribution in [1.29, 1.82) is 0 Å². The third-order valence-corrected chi connectivity index (χ3v) is 1.09. The molecule has 0 amide bonds. The summed E-state index contributed by atoms with van der Waals surface area (Å²) in [5, 5.41) is 0. The largest absolute Gasteiger partial charge is 0.478 e. The molecule has 10 heavy (non-hydrogen) atoms. The molecule has 0 saturated heterocycles. The fraction of sp³-hybridized carbons (Fsp3) is 0.429. The van der Waals surface area contributed by atoms with Gasteiger partial charge in [-0.05, 0) is 13.8 Å². The Morgan fingerprint density at radius 3 is 3.10 bits per heavy atom. The third-order valence-electron chi connectivity index (χ3n) is 1.09. The Morgan fingerprint density at radius 2 is 2.50 bits per heavy atom. The van der Waals surface area contributed by atoms with E-state index in [4.69, 9.17) is 4.74 Å². The van der Waals surface area contributed by atoms with Gasteiger partial charge in [-0.15, -0.1) is 0 Å². The zero-order chi connectivity index (χ0) is 7.40. The number of aryl methyl sites for hydroxylation is 1. The van der Waals surface area contributed by atoms with E-state index >= 15 is 0 Å². The molecule has 0 aliphatic carbocycles. The van der Waals surface area contributed by atoms with Crippen LogP contribution in [-0.2, 0) is 0 Å². The van der Waals surface area contributed by atoms with Crippen LogP contribution in [0.4, 0.5) is 0 Å². The van der Waals surface area contributed by atoms with Crippen molar-refractivity contribution in [1.82, 2.24) is 9.97 Å². The maximum atomic E-state index is 5.15. The lowest BCUT2D eigenvalue weighted by Crippen LogP contribution is -1.96. The lowest BCUT2D eigenvalue weighted by molar-refractivity contribution is 0.323. The molecular weight excluding hydrogens is 128 g/mol. The van der Waals surface area contributed by atoms with Gasteiger partial charge >= 0.3 is 0 Å². The van der Waals surface area contributed by atoms with Gasteiger partial charge < -0.3 is 4.74 Å². The molecule has 1 radical (unpaired) electrons. The average Bonchev–Trinajstić information content (AvgIpc) is 1.94. The quantitative estimate of drug-likeness (QED) is 0.609. The Labute approximate surface area is 60.1 Å². The molecule has 0 aliphatic rings. The van der Waals surface area contributed by atoms with Gasteiger partial charge in [0.1, 0.15) is 0 Å². The van der Waals surface area contributed by atoms with Gasteiger partial charge in [0.15, 0.2) is 0 Å². The maximum absolute atomic E-state index is 5.15. The molecule has 1 aromatic rings. The highest BCUT2D eigenvalue weighted by molar-refractivity contribution is 5.19. The Balaban J connectivity index is 2.81. The van der Waals surface area contributed by atoms with Crippen molar-refractivity contribution in [2.24, 2.45) is 0 Å². The van der Waals surface area contributed by atoms with Crippen LogP contribution in [-0.4, -0.2) is 16.6 Å². The van der Waals surface area contributed by atoms with Crippen molar-refractivity contribution in [2.45, 2.75) is 13.8 Å². The van der Waals surface area contributed by atoms with Crippen molar-refractivity contribution in [3.8, 4) is 5.88 Å². The summed E-state index contributed by atoms with van der Waals surface area (Å²) < 4.78 is 5.15. The minimum atomic E-state index is 0.623. The summed E-state index contributed by atoms with van der Waals surface area (Å²) in [7, 11) is 0. The smallest absolute Gasteiger partial charge is 0.219 e. The van der Waals surface area contributed by atoms with Crippen LogP contribution in [0.5, 0.6) is 5.88 Å². The molecule has 0 N–H and O–H groups in total. The van der Waals surface area contributed by atoms with E-state index in [2.05, 4.69) is 16.3 Å². The van der Waals surface area contributed by atoms with E-state index in [9.17, 15) is 0 Å². The van der Waals surface area contributed by atoms with Gasteiger partial charge in [0.05, 0.1) is 6.61 Å². The van der Waals surface area contributed by atoms with Crippen molar-refractivity contribution in [3.63, 3.8) is 0 Å². The highest BCUT2D eigenvalue weighted by Gasteiger charge is 1.96. The second kappa shape index (κ2) is 3.15. The van der Waals surface area contributed by atoms with E-state index in [0.29, 0.717) is 12.5 Å². The van der Waals surface area contributed by atoms with Gasteiger partial charge in [-0.3, -0.25) is 0 Å². The normalized spacial score (nSPS) is 9.40. The Morgan fingerprint density at radius 1 is 1.70 bits per heavy atom. The molecule has 53 valence electrons. The number of hydrogen-bond donors (Lipinski definition) is 0. The molecule has 3 nitrogen and oxygen atoms in total. The first-order valence-corrected chi connectivity index (χ1v) is 3.17. The van der Waals surface area contributed by atoms with Gasteiger partial charge in [-0.25, -0.2) is 4.98 Å². The van der Waals surface area contributed by atoms with Crippen LogP contribution >= 0.6 is 0 Å². The molecule has 0 bridgehead atoms. The molecular formula is C7H9N2O. The first-order valence-electron chi connectivity index (χ1n) is 3.17. The minimum absolute atomic E-state index is 0.623. The van der Waals surface area contributed by atoms with Crippen LogP contribution < -0.4 is 4.74 Å². The predicted octanol–water partition coefficient (Wildman–Crippen LogP) is 0.984. The summed E-state index contributed by atoms with van der Waals surface area (Å²) in [6, 6.07) is 0. The number of aromatic nitrogens is 2. The second-order valence-corrected chi connectivity index (χ2v) is 1.89. The number of ether oxygens (including phenoxy) is 1. The molecule has 0 fully saturated rings. The van der Waals surface area contributed by atoms with E-state index in [1.54, 1.807) is 6.20 Å². The molecule has 1 heterocycles. The second-order valence-electron chi connectivity index (χ2n) is 1.89. The highest BCUT2D eigenvalue weighted by atomic mass is 16.5. The zero-order valence-corrected chi connectivity index (χ0v) is 6.09. The minimum Gasteiger partial charge on any atom is -0.478 e. The molecule has 0 saturated carbocycles. The summed E-state index contributed by atoms with van der Waals surface area (Å²) in [4.78, 5) is 7.52. The number of rotatable bonds is 2. The van der Waals surface area contributed by atoms with Crippen LogP contribution in [0, 0.1) is 13.3 Å².